The van der Waals surface area contributed by atoms with E-state index in [4.69, 9.17) is 5.73 Å². The highest BCUT2D eigenvalue weighted by Crippen LogP contribution is 2.30. The van der Waals surface area contributed by atoms with Crippen molar-refractivity contribution < 1.29 is 0 Å². The van der Waals surface area contributed by atoms with Gasteiger partial charge in [0.1, 0.15) is 0 Å². The fraction of sp³-hybridized carbons (Fsp3) is 0.812. The van der Waals surface area contributed by atoms with Gasteiger partial charge in [-0.05, 0) is 38.8 Å². The van der Waals surface area contributed by atoms with Crippen molar-refractivity contribution in [1.29, 1.82) is 0 Å². The number of nitrogens with two attached hydrogens (primary N) is 1. The van der Waals surface area contributed by atoms with Crippen LogP contribution >= 0.6 is 0 Å². The van der Waals surface area contributed by atoms with Crippen LogP contribution in [0.15, 0.2) is 12.4 Å². The summed E-state index contributed by atoms with van der Waals surface area (Å²) in [6, 6.07) is 1.23. The van der Waals surface area contributed by atoms with Gasteiger partial charge in [-0.1, -0.05) is 6.92 Å². The smallest absolute Gasteiger partial charge is 0.0538 e. The zero-order valence-corrected chi connectivity index (χ0v) is 13.4. The molecule has 0 aliphatic carbocycles. The van der Waals surface area contributed by atoms with Gasteiger partial charge in [0.15, 0.2) is 0 Å². The lowest BCUT2D eigenvalue weighted by molar-refractivity contribution is 0.179. The van der Waals surface area contributed by atoms with E-state index in [1.54, 1.807) is 0 Å². The molecule has 21 heavy (non-hydrogen) atoms. The van der Waals surface area contributed by atoms with Crippen molar-refractivity contribution in [2.75, 3.05) is 26.2 Å². The molecule has 2 aliphatic rings. The lowest BCUT2D eigenvalue weighted by Crippen LogP contribution is -2.42. The third-order valence-electron chi connectivity index (χ3n) is 5.19. The van der Waals surface area contributed by atoms with Gasteiger partial charge in [-0.25, -0.2) is 0 Å². The van der Waals surface area contributed by atoms with Crippen LogP contribution in [-0.2, 0) is 7.05 Å². The zero-order valence-electron chi connectivity index (χ0n) is 13.4. The third-order valence-corrected chi connectivity index (χ3v) is 5.19. The van der Waals surface area contributed by atoms with Crippen LogP contribution < -0.4 is 5.73 Å². The standard InChI is InChI=1S/C16H29N5/c1-3-15(17)16(13-10-18-19(2)11-13)21-9-6-14(12-21)20-7-4-5-8-20/h10-11,14-16H,3-9,12,17H2,1-2H3. The summed E-state index contributed by atoms with van der Waals surface area (Å²) in [5, 5.41) is 4.35. The van der Waals surface area contributed by atoms with E-state index in [9.17, 15) is 0 Å². The number of rotatable bonds is 5. The van der Waals surface area contributed by atoms with Gasteiger partial charge in [-0.2, -0.15) is 5.10 Å². The molecule has 2 aliphatic heterocycles. The highest BCUT2D eigenvalue weighted by molar-refractivity contribution is 5.14. The minimum Gasteiger partial charge on any atom is -0.326 e. The Bertz CT molecular complexity index is 451. The van der Waals surface area contributed by atoms with Crippen molar-refractivity contribution in [3.05, 3.63) is 18.0 Å². The monoisotopic (exact) mass is 291 g/mol. The van der Waals surface area contributed by atoms with Gasteiger partial charge in [-0.3, -0.25) is 14.5 Å². The summed E-state index contributed by atoms with van der Waals surface area (Å²) in [5.41, 5.74) is 7.72. The Morgan fingerprint density at radius 3 is 2.71 bits per heavy atom. The van der Waals surface area contributed by atoms with Crippen molar-refractivity contribution in [2.45, 2.75) is 50.7 Å². The predicted octanol–water partition coefficient (Wildman–Crippen LogP) is 1.37. The van der Waals surface area contributed by atoms with Crippen LogP contribution in [0.3, 0.4) is 0 Å². The van der Waals surface area contributed by atoms with Crippen LogP contribution in [0, 0.1) is 0 Å². The summed E-state index contributed by atoms with van der Waals surface area (Å²) in [7, 11) is 1.98. The Hall–Kier alpha value is -0.910. The average molecular weight is 291 g/mol. The van der Waals surface area contributed by atoms with Gasteiger partial charge in [0, 0.05) is 44.0 Å². The van der Waals surface area contributed by atoms with E-state index < -0.39 is 0 Å². The Balaban J connectivity index is 1.72. The topological polar surface area (TPSA) is 50.3 Å². The number of hydrogen-bond donors (Lipinski definition) is 1. The Kier molecular flexibility index (Phi) is 4.62. The molecule has 0 saturated carbocycles. The number of hydrogen-bond acceptors (Lipinski definition) is 4. The molecular formula is C16H29N5. The molecule has 2 fully saturated rings. The SMILES string of the molecule is CCC(N)C(c1cnn(C)c1)N1CCC(N2CCCC2)C1. The fourth-order valence-electron chi connectivity index (χ4n) is 3.97. The first-order valence-corrected chi connectivity index (χ1v) is 8.41. The first kappa shape index (κ1) is 15.0. The molecule has 3 unspecified atom stereocenters. The third kappa shape index (κ3) is 3.15. The average Bonchev–Trinajstić information content (AvgIpc) is 3.19. The highest BCUT2D eigenvalue weighted by Gasteiger charge is 2.35. The maximum absolute atomic E-state index is 6.44. The zero-order chi connectivity index (χ0) is 14.8. The van der Waals surface area contributed by atoms with Gasteiger partial charge in [0.05, 0.1) is 12.2 Å². The second-order valence-electron chi connectivity index (χ2n) is 6.64. The second-order valence-corrected chi connectivity index (χ2v) is 6.64. The number of aromatic nitrogens is 2. The van der Waals surface area contributed by atoms with E-state index in [0.717, 1.165) is 25.6 Å². The van der Waals surface area contributed by atoms with Crippen molar-refractivity contribution in [2.24, 2.45) is 12.8 Å². The summed E-state index contributed by atoms with van der Waals surface area (Å²) in [5.74, 6) is 0. The minimum absolute atomic E-state index is 0.187. The summed E-state index contributed by atoms with van der Waals surface area (Å²) in [6.07, 6.45) is 9.15. The summed E-state index contributed by atoms with van der Waals surface area (Å²) in [6.45, 7) is 7.08. The molecule has 3 heterocycles. The van der Waals surface area contributed by atoms with Crippen molar-refractivity contribution >= 4 is 0 Å². The van der Waals surface area contributed by atoms with Gasteiger partial charge >= 0.3 is 0 Å². The van der Waals surface area contributed by atoms with Crippen LogP contribution in [-0.4, -0.2) is 57.8 Å². The molecule has 118 valence electrons. The van der Waals surface area contributed by atoms with Crippen molar-refractivity contribution in [1.82, 2.24) is 19.6 Å². The van der Waals surface area contributed by atoms with Crippen LogP contribution in [0.2, 0.25) is 0 Å². The normalized spacial score (nSPS) is 27.3. The molecule has 5 nitrogen and oxygen atoms in total. The van der Waals surface area contributed by atoms with Crippen LogP contribution in [0.25, 0.3) is 0 Å². The second kappa shape index (κ2) is 6.46. The lowest BCUT2D eigenvalue weighted by Gasteiger charge is -2.32. The first-order chi connectivity index (χ1) is 10.2. The molecule has 1 aromatic heterocycles. The number of nitrogens with zero attached hydrogens (tertiary/aromatic N) is 4. The minimum atomic E-state index is 0.187. The summed E-state index contributed by atoms with van der Waals surface area (Å²) < 4.78 is 1.89. The molecular weight excluding hydrogens is 262 g/mol. The molecule has 2 N–H and O–H groups in total. The van der Waals surface area contributed by atoms with E-state index in [2.05, 4.69) is 28.0 Å². The molecule has 0 amide bonds. The largest absolute Gasteiger partial charge is 0.326 e. The fourth-order valence-corrected chi connectivity index (χ4v) is 3.97. The van der Waals surface area contributed by atoms with E-state index in [-0.39, 0.29) is 6.04 Å². The molecule has 0 bridgehead atoms. The Morgan fingerprint density at radius 2 is 2.10 bits per heavy atom. The summed E-state index contributed by atoms with van der Waals surface area (Å²) in [4.78, 5) is 5.27. The molecule has 5 heteroatoms. The summed E-state index contributed by atoms with van der Waals surface area (Å²) >= 11 is 0. The van der Waals surface area contributed by atoms with Crippen LogP contribution in [0.1, 0.15) is 44.2 Å². The number of aryl methyl sites for hydroxylation is 1. The molecule has 3 atom stereocenters. The van der Waals surface area contributed by atoms with Crippen molar-refractivity contribution in [3.63, 3.8) is 0 Å². The highest BCUT2D eigenvalue weighted by atomic mass is 15.3. The van der Waals surface area contributed by atoms with Gasteiger partial charge in [0.25, 0.3) is 0 Å². The van der Waals surface area contributed by atoms with Crippen LogP contribution in [0.4, 0.5) is 0 Å². The van der Waals surface area contributed by atoms with Gasteiger partial charge < -0.3 is 5.73 Å². The maximum atomic E-state index is 6.44. The lowest BCUT2D eigenvalue weighted by atomic mass is 9.99. The molecule has 0 radical (unpaired) electrons. The quantitative estimate of drug-likeness (QED) is 0.890. The van der Waals surface area contributed by atoms with Gasteiger partial charge in [-0.15, -0.1) is 0 Å². The van der Waals surface area contributed by atoms with Crippen molar-refractivity contribution in [3.8, 4) is 0 Å². The van der Waals surface area contributed by atoms with E-state index in [1.165, 1.54) is 37.9 Å². The van der Waals surface area contributed by atoms with Gasteiger partial charge in [0.2, 0.25) is 0 Å². The predicted molar refractivity (Wildman–Crippen MR) is 85.0 cm³/mol. The van der Waals surface area contributed by atoms with E-state index in [1.807, 2.05) is 17.9 Å². The van der Waals surface area contributed by atoms with Crippen LogP contribution in [0.5, 0.6) is 0 Å². The molecule has 0 spiro atoms. The maximum Gasteiger partial charge on any atom is 0.0538 e. The van der Waals surface area contributed by atoms with E-state index in [0.29, 0.717) is 6.04 Å². The molecule has 3 rings (SSSR count). The first-order valence-electron chi connectivity index (χ1n) is 8.41. The number of likely N-dealkylation sites (tertiary alicyclic amines) is 2. The molecule has 1 aromatic rings. The van der Waals surface area contributed by atoms with E-state index >= 15 is 0 Å². The molecule has 0 aromatic carbocycles. The Morgan fingerprint density at radius 1 is 1.33 bits per heavy atom. The Labute approximate surface area is 128 Å². The molecule has 2 saturated heterocycles.